The highest BCUT2D eigenvalue weighted by atomic mass is 19.1. The van der Waals surface area contributed by atoms with Crippen molar-refractivity contribution in [3.63, 3.8) is 0 Å². The second-order valence-corrected chi connectivity index (χ2v) is 4.04. The maximum atomic E-state index is 12.8. The minimum absolute atomic E-state index is 0.350. The number of aliphatic carboxylic acids is 1. The Bertz CT molecular complexity index is 421. The van der Waals surface area contributed by atoms with Crippen molar-refractivity contribution in [1.82, 2.24) is 0 Å². The molecule has 0 amide bonds. The zero-order valence-electron chi connectivity index (χ0n) is 10.2. The second kappa shape index (κ2) is 7.43. The zero-order valence-corrected chi connectivity index (χ0v) is 10.2. The lowest BCUT2D eigenvalue weighted by Gasteiger charge is -2.11. The summed E-state index contributed by atoms with van der Waals surface area (Å²) in [5.74, 6) is -1.78. The first-order chi connectivity index (χ1) is 8.65. The first-order valence-electron chi connectivity index (χ1n) is 5.91. The molecule has 0 saturated heterocycles. The van der Waals surface area contributed by atoms with Crippen molar-refractivity contribution >= 4 is 5.97 Å². The maximum Gasteiger partial charge on any atom is 0.310 e. The van der Waals surface area contributed by atoms with Gasteiger partial charge in [0, 0.05) is 0 Å². The van der Waals surface area contributed by atoms with E-state index in [0.29, 0.717) is 12.0 Å². The number of carboxylic acid groups (broad SMARTS) is 1. The smallest absolute Gasteiger partial charge is 0.310 e. The van der Waals surface area contributed by atoms with Crippen LogP contribution in [0.25, 0.3) is 0 Å². The minimum Gasteiger partial charge on any atom is -0.481 e. The van der Waals surface area contributed by atoms with Gasteiger partial charge in [-0.05, 0) is 37.0 Å². The molecule has 1 aromatic carbocycles. The zero-order chi connectivity index (χ0) is 13.4. The highest BCUT2D eigenvalue weighted by Crippen LogP contribution is 2.22. The van der Waals surface area contributed by atoms with E-state index >= 15 is 0 Å². The fourth-order valence-corrected chi connectivity index (χ4v) is 1.76. The van der Waals surface area contributed by atoms with Gasteiger partial charge in [0.05, 0.1) is 5.92 Å². The molecular formula is C15H17FO2. The van der Waals surface area contributed by atoms with E-state index in [1.54, 1.807) is 6.08 Å². The van der Waals surface area contributed by atoms with Crippen LogP contribution in [0.2, 0.25) is 0 Å². The second-order valence-electron chi connectivity index (χ2n) is 4.04. The lowest BCUT2D eigenvalue weighted by Crippen LogP contribution is -2.11. The number of allylic oxidation sites excluding steroid dienone is 3. The van der Waals surface area contributed by atoms with Crippen LogP contribution in [0.15, 0.2) is 49.1 Å². The molecule has 1 unspecified atom stereocenters. The quantitative estimate of drug-likeness (QED) is 0.587. The summed E-state index contributed by atoms with van der Waals surface area (Å²) < 4.78 is 12.8. The molecule has 0 spiro atoms. The molecule has 3 heteroatoms. The average Bonchev–Trinajstić information content (AvgIpc) is 2.35. The molecule has 0 radical (unpaired) electrons. The third kappa shape index (κ3) is 4.53. The van der Waals surface area contributed by atoms with Crippen LogP contribution in [0, 0.1) is 5.82 Å². The van der Waals surface area contributed by atoms with Gasteiger partial charge in [0.2, 0.25) is 0 Å². The van der Waals surface area contributed by atoms with Gasteiger partial charge in [-0.3, -0.25) is 4.79 Å². The van der Waals surface area contributed by atoms with Gasteiger partial charge in [-0.25, -0.2) is 4.39 Å². The molecule has 1 atom stereocenters. The van der Waals surface area contributed by atoms with Gasteiger partial charge in [-0.15, -0.1) is 0 Å². The molecule has 2 nitrogen and oxygen atoms in total. The molecule has 0 aliphatic heterocycles. The van der Waals surface area contributed by atoms with Crippen LogP contribution in [0.4, 0.5) is 4.39 Å². The SMILES string of the molecule is C=C/C=C/CCCC(C(=O)O)c1ccc(F)cc1. The van der Waals surface area contributed by atoms with E-state index in [0.717, 1.165) is 12.8 Å². The summed E-state index contributed by atoms with van der Waals surface area (Å²) >= 11 is 0. The van der Waals surface area contributed by atoms with Gasteiger partial charge < -0.3 is 5.11 Å². The molecule has 1 N–H and O–H groups in total. The Hall–Kier alpha value is -1.90. The largest absolute Gasteiger partial charge is 0.481 e. The van der Waals surface area contributed by atoms with E-state index in [1.807, 2.05) is 12.2 Å². The van der Waals surface area contributed by atoms with Crippen molar-refractivity contribution in [1.29, 1.82) is 0 Å². The van der Waals surface area contributed by atoms with Crippen LogP contribution in [0.3, 0.4) is 0 Å². The van der Waals surface area contributed by atoms with Crippen molar-refractivity contribution < 1.29 is 14.3 Å². The van der Waals surface area contributed by atoms with Crippen LogP contribution >= 0.6 is 0 Å². The van der Waals surface area contributed by atoms with Crippen LogP contribution in [0.1, 0.15) is 30.7 Å². The van der Waals surface area contributed by atoms with Crippen molar-refractivity contribution in [2.75, 3.05) is 0 Å². The molecule has 96 valence electrons. The normalized spacial score (nSPS) is 12.5. The first kappa shape index (κ1) is 14.2. The van der Waals surface area contributed by atoms with Crippen LogP contribution in [0.5, 0.6) is 0 Å². The van der Waals surface area contributed by atoms with Gasteiger partial charge in [-0.1, -0.05) is 36.9 Å². The Kier molecular flexibility index (Phi) is 5.85. The molecule has 0 bridgehead atoms. The fourth-order valence-electron chi connectivity index (χ4n) is 1.76. The summed E-state index contributed by atoms with van der Waals surface area (Å²) in [5.41, 5.74) is 0.650. The fraction of sp³-hybridized carbons (Fsp3) is 0.267. The predicted molar refractivity (Wildman–Crippen MR) is 70.0 cm³/mol. The number of carboxylic acids is 1. The number of hydrogen-bond acceptors (Lipinski definition) is 1. The monoisotopic (exact) mass is 248 g/mol. The summed E-state index contributed by atoms with van der Waals surface area (Å²) in [6, 6.07) is 5.66. The van der Waals surface area contributed by atoms with Crippen molar-refractivity contribution in [2.24, 2.45) is 0 Å². The van der Waals surface area contributed by atoms with E-state index in [9.17, 15) is 14.3 Å². The Morgan fingerprint density at radius 2 is 2.06 bits per heavy atom. The molecule has 1 aromatic rings. The molecule has 0 aliphatic rings. The standard InChI is InChI=1S/C15H17FO2/c1-2-3-4-5-6-7-14(15(17)18)12-8-10-13(16)11-9-12/h2-4,8-11,14H,1,5-7H2,(H,17,18)/b4-3+. The topological polar surface area (TPSA) is 37.3 Å². The molecular weight excluding hydrogens is 231 g/mol. The Balaban J connectivity index is 2.60. The third-order valence-electron chi connectivity index (χ3n) is 2.71. The van der Waals surface area contributed by atoms with Gasteiger partial charge in [0.15, 0.2) is 0 Å². The molecule has 0 fully saturated rings. The highest BCUT2D eigenvalue weighted by molar-refractivity contribution is 5.75. The summed E-state index contributed by atoms with van der Waals surface area (Å²) in [5, 5.41) is 9.17. The van der Waals surface area contributed by atoms with Crippen LogP contribution in [-0.2, 0) is 4.79 Å². The molecule has 0 heterocycles. The molecule has 18 heavy (non-hydrogen) atoms. The Morgan fingerprint density at radius 1 is 1.39 bits per heavy atom. The molecule has 0 aliphatic carbocycles. The number of unbranched alkanes of at least 4 members (excludes halogenated alkanes) is 1. The number of halogens is 1. The highest BCUT2D eigenvalue weighted by Gasteiger charge is 2.18. The van der Waals surface area contributed by atoms with Crippen LogP contribution in [-0.4, -0.2) is 11.1 Å². The van der Waals surface area contributed by atoms with Crippen molar-refractivity contribution in [2.45, 2.75) is 25.2 Å². The lowest BCUT2D eigenvalue weighted by atomic mass is 9.93. The molecule has 0 aromatic heterocycles. The van der Waals surface area contributed by atoms with E-state index in [-0.39, 0.29) is 5.82 Å². The predicted octanol–water partition coefficient (Wildman–Crippen LogP) is 3.91. The van der Waals surface area contributed by atoms with Gasteiger partial charge >= 0.3 is 5.97 Å². The number of benzene rings is 1. The summed E-state index contributed by atoms with van der Waals surface area (Å²) in [7, 11) is 0. The minimum atomic E-state index is -0.866. The number of rotatable bonds is 7. The first-order valence-corrected chi connectivity index (χ1v) is 5.91. The van der Waals surface area contributed by atoms with Crippen molar-refractivity contribution in [3.8, 4) is 0 Å². The summed E-state index contributed by atoms with van der Waals surface area (Å²) in [6.45, 7) is 3.56. The van der Waals surface area contributed by atoms with Crippen molar-refractivity contribution in [3.05, 3.63) is 60.5 Å². The average molecular weight is 248 g/mol. The number of carbonyl (C=O) groups is 1. The molecule has 1 rings (SSSR count). The van der Waals surface area contributed by atoms with Gasteiger partial charge in [-0.2, -0.15) is 0 Å². The van der Waals surface area contributed by atoms with E-state index in [4.69, 9.17) is 0 Å². The third-order valence-corrected chi connectivity index (χ3v) is 2.71. The lowest BCUT2D eigenvalue weighted by molar-refractivity contribution is -0.139. The van der Waals surface area contributed by atoms with Crippen LogP contribution < -0.4 is 0 Å². The maximum absolute atomic E-state index is 12.8. The summed E-state index contributed by atoms with van der Waals surface area (Å²) in [4.78, 5) is 11.2. The number of hydrogen-bond donors (Lipinski definition) is 1. The van der Waals surface area contributed by atoms with E-state index in [1.165, 1.54) is 24.3 Å². The van der Waals surface area contributed by atoms with E-state index in [2.05, 4.69) is 6.58 Å². The summed E-state index contributed by atoms with van der Waals surface area (Å²) in [6.07, 6.45) is 7.62. The van der Waals surface area contributed by atoms with E-state index < -0.39 is 11.9 Å². The Labute approximate surface area is 106 Å². The molecule has 0 saturated carbocycles. The van der Waals surface area contributed by atoms with Gasteiger partial charge in [0.25, 0.3) is 0 Å². The Morgan fingerprint density at radius 3 is 2.61 bits per heavy atom. The van der Waals surface area contributed by atoms with Gasteiger partial charge in [0.1, 0.15) is 5.82 Å².